The van der Waals surface area contributed by atoms with Gasteiger partial charge in [-0.05, 0) is 23.6 Å². The lowest BCUT2D eigenvalue weighted by Crippen LogP contribution is -2.25. The van der Waals surface area contributed by atoms with E-state index in [1.54, 1.807) is 24.3 Å². The highest BCUT2D eigenvalue weighted by atomic mass is 32.1. The van der Waals surface area contributed by atoms with Crippen LogP contribution in [0, 0.1) is 11.8 Å². The summed E-state index contributed by atoms with van der Waals surface area (Å²) in [6.07, 6.45) is 2.00. The van der Waals surface area contributed by atoms with E-state index in [4.69, 9.17) is 9.52 Å². The quantitative estimate of drug-likeness (QED) is 0.879. The fourth-order valence-corrected chi connectivity index (χ4v) is 2.51. The summed E-state index contributed by atoms with van der Waals surface area (Å²) in [5, 5.41) is 10.6. The number of aliphatic hydroxyl groups is 1. The molecule has 2 aromatic rings. The monoisotopic (exact) mass is 289 g/mol. The average Bonchev–Trinajstić information content (AvgIpc) is 3.09. The van der Waals surface area contributed by atoms with E-state index in [9.17, 15) is 4.79 Å². The molecule has 0 radical (unpaired) electrons. The molecule has 0 aliphatic heterocycles. The van der Waals surface area contributed by atoms with E-state index in [1.165, 1.54) is 11.3 Å². The van der Waals surface area contributed by atoms with E-state index in [2.05, 4.69) is 11.8 Å². The summed E-state index contributed by atoms with van der Waals surface area (Å²) in [6.45, 7) is 0.450. The van der Waals surface area contributed by atoms with Crippen molar-refractivity contribution < 1.29 is 14.3 Å². The van der Waals surface area contributed by atoms with E-state index >= 15 is 0 Å². The average molecular weight is 289 g/mol. The van der Waals surface area contributed by atoms with E-state index in [0.29, 0.717) is 23.4 Å². The molecule has 0 aliphatic carbocycles. The van der Waals surface area contributed by atoms with Crippen molar-refractivity contribution in [2.75, 3.05) is 13.7 Å². The zero-order chi connectivity index (χ0) is 14.4. The summed E-state index contributed by atoms with van der Waals surface area (Å²) in [5.41, 5.74) is 0.708. The van der Waals surface area contributed by atoms with Crippen LogP contribution in [-0.4, -0.2) is 29.6 Å². The van der Waals surface area contributed by atoms with Crippen LogP contribution in [-0.2, 0) is 6.54 Å². The molecule has 2 rings (SSSR count). The number of amides is 1. The molecule has 2 heterocycles. The molecular weight excluding hydrogens is 274 g/mol. The number of aliphatic hydroxyl groups excluding tert-OH is 1. The van der Waals surface area contributed by atoms with Gasteiger partial charge in [-0.2, -0.15) is 0 Å². The molecule has 0 saturated carbocycles. The second-order valence-electron chi connectivity index (χ2n) is 4.18. The molecule has 5 heteroatoms. The second-order valence-corrected chi connectivity index (χ2v) is 5.10. The Morgan fingerprint density at radius 3 is 3.05 bits per heavy atom. The third-order valence-electron chi connectivity index (χ3n) is 2.64. The summed E-state index contributed by atoms with van der Waals surface area (Å²) in [6, 6.07) is 5.45. The lowest BCUT2D eigenvalue weighted by molar-refractivity contribution is 0.0780. The highest BCUT2D eigenvalue weighted by Gasteiger charge is 2.17. The van der Waals surface area contributed by atoms with Gasteiger partial charge in [0, 0.05) is 19.0 Å². The number of carbonyl (C=O) groups excluding carboxylic acids is 1. The van der Waals surface area contributed by atoms with Crippen LogP contribution in [0.3, 0.4) is 0 Å². The smallest absolute Gasteiger partial charge is 0.265 e. The van der Waals surface area contributed by atoms with Gasteiger partial charge in [-0.25, -0.2) is 0 Å². The molecule has 104 valence electrons. The number of rotatable bonds is 4. The predicted octanol–water partition coefficient (Wildman–Crippen LogP) is 2.35. The van der Waals surface area contributed by atoms with Crippen LogP contribution >= 0.6 is 11.3 Å². The van der Waals surface area contributed by atoms with Crippen molar-refractivity contribution in [3.05, 3.63) is 46.0 Å². The van der Waals surface area contributed by atoms with E-state index in [0.717, 1.165) is 5.76 Å². The van der Waals surface area contributed by atoms with Crippen LogP contribution < -0.4 is 0 Å². The number of nitrogens with zero attached hydrogens (tertiary/aromatic N) is 1. The molecule has 0 bridgehead atoms. The molecule has 1 amide bonds. The first-order valence-corrected chi connectivity index (χ1v) is 7.05. The lowest BCUT2D eigenvalue weighted by atomic mass is 10.2. The van der Waals surface area contributed by atoms with Gasteiger partial charge in [-0.15, -0.1) is 11.3 Å². The minimum Gasteiger partial charge on any atom is -0.467 e. The number of thiophene rings is 1. The van der Waals surface area contributed by atoms with Gasteiger partial charge >= 0.3 is 0 Å². The van der Waals surface area contributed by atoms with Gasteiger partial charge < -0.3 is 14.4 Å². The lowest BCUT2D eigenvalue weighted by Gasteiger charge is -2.14. The van der Waals surface area contributed by atoms with Gasteiger partial charge in [-0.3, -0.25) is 4.79 Å². The molecular formula is C15H15NO3S. The zero-order valence-electron chi connectivity index (χ0n) is 11.1. The van der Waals surface area contributed by atoms with Gasteiger partial charge in [0.25, 0.3) is 5.91 Å². The Morgan fingerprint density at radius 1 is 1.50 bits per heavy atom. The number of carbonyl (C=O) groups is 1. The van der Waals surface area contributed by atoms with Gasteiger partial charge in [0.05, 0.1) is 19.4 Å². The standard InChI is InChI=1S/C15H15NO3S/c1-16(11-13-6-4-9-19-13)15(18)14-12(7-10-20-14)5-2-3-8-17/h4,6-7,9-10,17H,3,8,11H2,1H3. The van der Waals surface area contributed by atoms with Crippen molar-refractivity contribution in [3.8, 4) is 11.8 Å². The molecule has 0 fully saturated rings. The fraction of sp³-hybridized carbons (Fsp3) is 0.267. The molecule has 0 aliphatic rings. The molecule has 1 N–H and O–H groups in total. The van der Waals surface area contributed by atoms with E-state index < -0.39 is 0 Å². The van der Waals surface area contributed by atoms with E-state index in [-0.39, 0.29) is 12.5 Å². The summed E-state index contributed by atoms with van der Waals surface area (Å²) in [4.78, 5) is 14.6. The Kier molecular flexibility index (Phi) is 4.99. The van der Waals surface area contributed by atoms with Crippen molar-refractivity contribution >= 4 is 17.2 Å². The predicted molar refractivity (Wildman–Crippen MR) is 77.4 cm³/mol. The van der Waals surface area contributed by atoms with Crippen LogP contribution in [0.5, 0.6) is 0 Å². The van der Waals surface area contributed by atoms with Crippen molar-refractivity contribution in [2.24, 2.45) is 0 Å². The van der Waals surface area contributed by atoms with Gasteiger partial charge in [0.2, 0.25) is 0 Å². The summed E-state index contributed by atoms with van der Waals surface area (Å²) < 4.78 is 5.24. The Balaban J connectivity index is 2.09. The van der Waals surface area contributed by atoms with Gasteiger partial charge in [0.15, 0.2) is 0 Å². The molecule has 0 saturated heterocycles. The summed E-state index contributed by atoms with van der Waals surface area (Å²) >= 11 is 1.37. The van der Waals surface area contributed by atoms with Crippen molar-refractivity contribution in [1.29, 1.82) is 0 Å². The van der Waals surface area contributed by atoms with Crippen molar-refractivity contribution in [1.82, 2.24) is 4.90 Å². The maximum absolute atomic E-state index is 12.4. The maximum atomic E-state index is 12.4. The molecule has 0 aromatic carbocycles. The summed E-state index contributed by atoms with van der Waals surface area (Å²) in [7, 11) is 1.73. The number of furan rings is 1. The molecule has 2 aromatic heterocycles. The maximum Gasteiger partial charge on any atom is 0.265 e. The van der Waals surface area contributed by atoms with Crippen LogP contribution in [0.25, 0.3) is 0 Å². The zero-order valence-corrected chi connectivity index (χ0v) is 11.9. The second kappa shape index (κ2) is 6.94. The van der Waals surface area contributed by atoms with Crippen LogP contribution in [0.2, 0.25) is 0 Å². The Labute approximate surface area is 121 Å². The third-order valence-corrected chi connectivity index (χ3v) is 3.54. The molecule has 0 unspecified atom stereocenters. The Hall–Kier alpha value is -2.03. The highest BCUT2D eigenvalue weighted by molar-refractivity contribution is 7.12. The van der Waals surface area contributed by atoms with Crippen molar-refractivity contribution in [2.45, 2.75) is 13.0 Å². The molecule has 0 atom stereocenters. The Bertz CT molecular complexity index is 619. The normalized spacial score (nSPS) is 9.90. The first-order chi connectivity index (χ1) is 9.72. The molecule has 4 nitrogen and oxygen atoms in total. The fourth-order valence-electron chi connectivity index (χ4n) is 1.67. The summed E-state index contributed by atoms with van der Waals surface area (Å²) in [5.74, 6) is 6.41. The van der Waals surface area contributed by atoms with E-state index in [1.807, 2.05) is 17.5 Å². The first kappa shape index (κ1) is 14.4. The van der Waals surface area contributed by atoms with Gasteiger partial charge in [0.1, 0.15) is 10.6 Å². The van der Waals surface area contributed by atoms with Gasteiger partial charge in [-0.1, -0.05) is 11.8 Å². The first-order valence-electron chi connectivity index (χ1n) is 6.17. The molecule has 0 spiro atoms. The number of hydrogen-bond acceptors (Lipinski definition) is 4. The Morgan fingerprint density at radius 2 is 2.35 bits per heavy atom. The topological polar surface area (TPSA) is 53.7 Å². The third kappa shape index (κ3) is 3.50. The number of hydrogen-bond donors (Lipinski definition) is 1. The SMILES string of the molecule is CN(Cc1ccco1)C(=O)c1sccc1C#CCCO. The minimum absolute atomic E-state index is 0.0266. The van der Waals surface area contributed by atoms with Crippen molar-refractivity contribution in [3.63, 3.8) is 0 Å². The van der Waals surface area contributed by atoms with Crippen LogP contribution in [0.15, 0.2) is 34.3 Å². The minimum atomic E-state index is -0.0790. The van der Waals surface area contributed by atoms with Crippen LogP contribution in [0.1, 0.15) is 27.4 Å². The van der Waals surface area contributed by atoms with Crippen LogP contribution in [0.4, 0.5) is 0 Å². The highest BCUT2D eigenvalue weighted by Crippen LogP contribution is 2.19. The largest absolute Gasteiger partial charge is 0.467 e. The molecule has 20 heavy (non-hydrogen) atoms.